The summed E-state index contributed by atoms with van der Waals surface area (Å²) in [6.07, 6.45) is 1.87. The maximum Gasteiger partial charge on any atom is 0.119 e. The summed E-state index contributed by atoms with van der Waals surface area (Å²) in [5.41, 5.74) is 1.80. The summed E-state index contributed by atoms with van der Waals surface area (Å²) in [7, 11) is 0. The van der Waals surface area contributed by atoms with E-state index in [9.17, 15) is 0 Å². The molecule has 1 rings (SSSR count). The fourth-order valence-electron chi connectivity index (χ4n) is 1.28. The van der Waals surface area contributed by atoms with Crippen LogP contribution in [-0.2, 0) is 6.42 Å². The molecule has 0 heterocycles. The molecular formula is C12H15NO. The van der Waals surface area contributed by atoms with Gasteiger partial charge in [0, 0.05) is 0 Å². The van der Waals surface area contributed by atoms with Crippen molar-refractivity contribution in [1.82, 2.24) is 0 Å². The van der Waals surface area contributed by atoms with Gasteiger partial charge in [0.1, 0.15) is 5.75 Å². The van der Waals surface area contributed by atoms with Crippen molar-refractivity contribution in [3.8, 4) is 11.8 Å². The third kappa shape index (κ3) is 2.50. The molecule has 0 aliphatic carbocycles. The number of hydrogen-bond acceptors (Lipinski definition) is 2. The lowest BCUT2D eigenvalue weighted by atomic mass is 10.1. The van der Waals surface area contributed by atoms with Gasteiger partial charge in [0.05, 0.1) is 18.2 Å². The molecule has 0 bridgehead atoms. The van der Waals surface area contributed by atoms with Crippen LogP contribution in [0.5, 0.6) is 5.75 Å². The highest BCUT2D eigenvalue weighted by atomic mass is 16.5. The maximum atomic E-state index is 8.83. The summed E-state index contributed by atoms with van der Waals surface area (Å²) in [5.74, 6) is 0.864. The minimum absolute atomic E-state index is 0.731. The number of benzene rings is 1. The first-order chi connectivity index (χ1) is 6.81. The van der Waals surface area contributed by atoms with Crippen molar-refractivity contribution >= 4 is 0 Å². The number of rotatable bonds is 4. The van der Waals surface area contributed by atoms with Crippen molar-refractivity contribution in [2.24, 2.45) is 0 Å². The van der Waals surface area contributed by atoms with E-state index in [4.69, 9.17) is 10.00 Å². The Hall–Kier alpha value is -1.49. The zero-order valence-electron chi connectivity index (χ0n) is 8.71. The molecule has 2 heteroatoms. The molecule has 0 aliphatic rings. The van der Waals surface area contributed by atoms with E-state index in [-0.39, 0.29) is 0 Å². The standard InChI is InChI=1S/C12H15NO/c1-3-7-14-12-6-5-11(9-13)10(4-2)8-12/h5-6,8H,3-4,7H2,1-2H3. The van der Waals surface area contributed by atoms with Crippen LogP contribution in [0.2, 0.25) is 0 Å². The Morgan fingerprint density at radius 2 is 2.14 bits per heavy atom. The number of nitriles is 1. The van der Waals surface area contributed by atoms with Crippen LogP contribution >= 0.6 is 0 Å². The molecule has 0 amide bonds. The molecule has 0 N–H and O–H groups in total. The van der Waals surface area contributed by atoms with Crippen LogP contribution in [0, 0.1) is 11.3 Å². The second kappa shape index (κ2) is 5.29. The SMILES string of the molecule is CCCOc1ccc(C#N)c(CC)c1. The van der Waals surface area contributed by atoms with Gasteiger partial charge in [-0.05, 0) is 36.6 Å². The van der Waals surface area contributed by atoms with E-state index in [2.05, 4.69) is 13.0 Å². The lowest BCUT2D eigenvalue weighted by Gasteiger charge is -2.07. The summed E-state index contributed by atoms with van der Waals surface area (Å²) in [5, 5.41) is 8.83. The van der Waals surface area contributed by atoms with Crippen molar-refractivity contribution in [3.05, 3.63) is 29.3 Å². The Morgan fingerprint density at radius 1 is 1.36 bits per heavy atom. The van der Waals surface area contributed by atoms with Crippen molar-refractivity contribution in [2.45, 2.75) is 26.7 Å². The Balaban J connectivity index is 2.86. The van der Waals surface area contributed by atoms with E-state index in [1.54, 1.807) is 0 Å². The van der Waals surface area contributed by atoms with Crippen LogP contribution in [0.4, 0.5) is 0 Å². The highest BCUT2D eigenvalue weighted by molar-refractivity contribution is 5.42. The molecular weight excluding hydrogens is 174 g/mol. The Kier molecular flexibility index (Phi) is 4.00. The van der Waals surface area contributed by atoms with Gasteiger partial charge in [0.2, 0.25) is 0 Å². The topological polar surface area (TPSA) is 33.0 Å². The first-order valence-corrected chi connectivity index (χ1v) is 4.97. The zero-order valence-corrected chi connectivity index (χ0v) is 8.71. The van der Waals surface area contributed by atoms with Crippen LogP contribution in [0.15, 0.2) is 18.2 Å². The zero-order chi connectivity index (χ0) is 10.4. The summed E-state index contributed by atoms with van der Waals surface area (Å²) >= 11 is 0. The molecule has 0 radical (unpaired) electrons. The van der Waals surface area contributed by atoms with Crippen molar-refractivity contribution in [2.75, 3.05) is 6.61 Å². The van der Waals surface area contributed by atoms with Crippen molar-refractivity contribution < 1.29 is 4.74 Å². The molecule has 74 valence electrons. The minimum atomic E-state index is 0.731. The molecule has 1 aromatic rings. The van der Waals surface area contributed by atoms with Crippen molar-refractivity contribution in [1.29, 1.82) is 5.26 Å². The fraction of sp³-hybridized carbons (Fsp3) is 0.417. The Bertz CT molecular complexity index is 339. The van der Waals surface area contributed by atoms with E-state index in [1.165, 1.54) is 0 Å². The first kappa shape index (κ1) is 10.6. The minimum Gasteiger partial charge on any atom is -0.494 e. The largest absolute Gasteiger partial charge is 0.494 e. The van der Waals surface area contributed by atoms with Crippen LogP contribution in [0.3, 0.4) is 0 Å². The first-order valence-electron chi connectivity index (χ1n) is 4.97. The number of nitrogens with zero attached hydrogens (tertiary/aromatic N) is 1. The third-order valence-electron chi connectivity index (χ3n) is 2.05. The molecule has 0 unspecified atom stereocenters. The molecule has 0 aliphatic heterocycles. The molecule has 0 fully saturated rings. The van der Waals surface area contributed by atoms with Gasteiger partial charge in [-0.25, -0.2) is 0 Å². The van der Waals surface area contributed by atoms with E-state index < -0.39 is 0 Å². The second-order valence-electron chi connectivity index (χ2n) is 3.13. The Labute approximate surface area is 85.1 Å². The molecule has 0 saturated heterocycles. The van der Waals surface area contributed by atoms with Gasteiger partial charge in [0.15, 0.2) is 0 Å². The summed E-state index contributed by atoms with van der Waals surface area (Å²) in [4.78, 5) is 0. The Morgan fingerprint density at radius 3 is 2.71 bits per heavy atom. The molecule has 14 heavy (non-hydrogen) atoms. The number of ether oxygens (including phenoxy) is 1. The monoisotopic (exact) mass is 189 g/mol. The fourth-order valence-corrected chi connectivity index (χ4v) is 1.28. The summed E-state index contributed by atoms with van der Waals surface area (Å²) < 4.78 is 5.49. The van der Waals surface area contributed by atoms with Gasteiger partial charge in [0.25, 0.3) is 0 Å². The van der Waals surface area contributed by atoms with Gasteiger partial charge < -0.3 is 4.74 Å². The number of hydrogen-bond donors (Lipinski definition) is 0. The maximum absolute atomic E-state index is 8.83. The normalized spacial score (nSPS) is 9.50. The lowest BCUT2D eigenvalue weighted by Crippen LogP contribution is -1.96. The van der Waals surface area contributed by atoms with Gasteiger partial charge in [-0.1, -0.05) is 13.8 Å². The molecule has 1 aromatic carbocycles. The predicted molar refractivity (Wildman–Crippen MR) is 56.3 cm³/mol. The molecule has 0 spiro atoms. The van der Waals surface area contributed by atoms with Gasteiger partial charge in [-0.2, -0.15) is 5.26 Å². The smallest absolute Gasteiger partial charge is 0.119 e. The second-order valence-corrected chi connectivity index (χ2v) is 3.13. The summed E-state index contributed by atoms with van der Waals surface area (Å²) in [6.45, 7) is 4.85. The van der Waals surface area contributed by atoms with Crippen molar-refractivity contribution in [3.63, 3.8) is 0 Å². The van der Waals surface area contributed by atoms with E-state index in [1.807, 2.05) is 25.1 Å². The van der Waals surface area contributed by atoms with E-state index in [0.717, 1.165) is 36.3 Å². The number of aryl methyl sites for hydroxylation is 1. The highest BCUT2D eigenvalue weighted by Gasteiger charge is 2.01. The predicted octanol–water partition coefficient (Wildman–Crippen LogP) is 2.91. The quantitative estimate of drug-likeness (QED) is 0.729. The average Bonchev–Trinajstić information content (AvgIpc) is 2.25. The molecule has 0 aromatic heterocycles. The molecule has 0 atom stereocenters. The molecule has 0 saturated carbocycles. The summed E-state index contributed by atoms with van der Waals surface area (Å²) in [6, 6.07) is 7.80. The van der Waals surface area contributed by atoms with Gasteiger partial charge in [-0.15, -0.1) is 0 Å². The third-order valence-corrected chi connectivity index (χ3v) is 2.05. The highest BCUT2D eigenvalue weighted by Crippen LogP contribution is 2.18. The van der Waals surface area contributed by atoms with Crippen LogP contribution < -0.4 is 4.74 Å². The van der Waals surface area contributed by atoms with Crippen LogP contribution in [-0.4, -0.2) is 6.61 Å². The van der Waals surface area contributed by atoms with E-state index in [0.29, 0.717) is 0 Å². The molecule has 2 nitrogen and oxygen atoms in total. The lowest BCUT2D eigenvalue weighted by molar-refractivity contribution is 0.317. The van der Waals surface area contributed by atoms with Crippen LogP contribution in [0.25, 0.3) is 0 Å². The van der Waals surface area contributed by atoms with Crippen LogP contribution in [0.1, 0.15) is 31.4 Å². The van der Waals surface area contributed by atoms with Gasteiger partial charge >= 0.3 is 0 Å². The van der Waals surface area contributed by atoms with Gasteiger partial charge in [-0.3, -0.25) is 0 Å². The average molecular weight is 189 g/mol. The van der Waals surface area contributed by atoms with E-state index >= 15 is 0 Å².